The highest BCUT2D eigenvalue weighted by molar-refractivity contribution is 5.86. The van der Waals surface area contributed by atoms with Crippen LogP contribution in [0, 0.1) is 46.7 Å². The second kappa shape index (κ2) is 8.28. The van der Waals surface area contributed by atoms with E-state index in [0.717, 1.165) is 42.6 Å². The molecule has 0 aliphatic heterocycles. The molecule has 4 aliphatic carbocycles. The standard InChI is InChI=1S/C30H34FN3O3/c1-4-13-32-27(36)30(37)12-11-23-22-10-5-19-14-24-18(17-33-34(24)21-8-6-20(31)7-9-21)15-28(19,2)26(22)25(35)16-29(23,30)3/h1,6-9,14,17,22-23,25-26,35,37H,5,10-13,15-16H2,2-3H3,(H,32,36)/t22?,23?,25?,26?,28-,29-,30-/m0/s1. The predicted octanol–water partition coefficient (Wildman–Crippen LogP) is 3.64. The summed E-state index contributed by atoms with van der Waals surface area (Å²) in [5.74, 6) is 2.10. The third-order valence-electron chi connectivity index (χ3n) is 10.4. The van der Waals surface area contributed by atoms with Crippen LogP contribution in [0.2, 0.25) is 0 Å². The van der Waals surface area contributed by atoms with Gasteiger partial charge in [0.25, 0.3) is 5.91 Å². The van der Waals surface area contributed by atoms with E-state index in [1.165, 1.54) is 17.7 Å². The van der Waals surface area contributed by atoms with Gasteiger partial charge in [0.15, 0.2) is 0 Å². The minimum Gasteiger partial charge on any atom is -0.393 e. The lowest BCUT2D eigenvalue weighted by Crippen LogP contribution is -2.63. The molecule has 7 heteroatoms. The van der Waals surface area contributed by atoms with Crippen molar-refractivity contribution in [3.63, 3.8) is 0 Å². The molecule has 6 rings (SSSR count). The number of aliphatic hydroxyl groups is 2. The Kier molecular flexibility index (Phi) is 5.46. The molecule has 0 bridgehead atoms. The summed E-state index contributed by atoms with van der Waals surface area (Å²) >= 11 is 0. The number of carbonyl (C=O) groups excluding carboxylic acids is 1. The number of allylic oxidation sites excluding steroid dienone is 1. The van der Waals surface area contributed by atoms with Gasteiger partial charge < -0.3 is 15.5 Å². The summed E-state index contributed by atoms with van der Waals surface area (Å²) in [7, 11) is 0. The highest BCUT2D eigenvalue weighted by Gasteiger charge is 2.68. The van der Waals surface area contributed by atoms with Crippen molar-refractivity contribution in [1.29, 1.82) is 0 Å². The fourth-order valence-electron chi connectivity index (χ4n) is 8.63. The maximum atomic E-state index is 13.5. The maximum absolute atomic E-state index is 13.5. The van der Waals surface area contributed by atoms with Gasteiger partial charge in [-0.2, -0.15) is 5.10 Å². The van der Waals surface area contributed by atoms with E-state index in [1.807, 2.05) is 17.8 Å². The van der Waals surface area contributed by atoms with Crippen molar-refractivity contribution in [2.45, 2.75) is 64.1 Å². The fourth-order valence-corrected chi connectivity index (χ4v) is 8.63. The Morgan fingerprint density at radius 3 is 2.78 bits per heavy atom. The SMILES string of the molecule is C#CCNC(=O)[C@@]1(O)CCC2C3CCC4=Cc5c(cnn5-c5ccc(F)cc5)C[C@]4(C)C3C(O)C[C@@]21C. The summed E-state index contributed by atoms with van der Waals surface area (Å²) in [4.78, 5) is 13.0. The molecule has 0 spiro atoms. The van der Waals surface area contributed by atoms with Crippen molar-refractivity contribution in [3.05, 3.63) is 53.1 Å². The summed E-state index contributed by atoms with van der Waals surface area (Å²) < 4.78 is 15.4. The van der Waals surface area contributed by atoms with Crippen LogP contribution in [0.25, 0.3) is 11.8 Å². The second-order valence-corrected chi connectivity index (χ2v) is 12.0. The van der Waals surface area contributed by atoms with Gasteiger partial charge in [0.05, 0.1) is 30.2 Å². The van der Waals surface area contributed by atoms with E-state index in [0.29, 0.717) is 12.8 Å². The Morgan fingerprint density at radius 2 is 2.05 bits per heavy atom. The number of amides is 1. The Bertz CT molecular complexity index is 1330. The van der Waals surface area contributed by atoms with Crippen molar-refractivity contribution in [1.82, 2.24) is 15.1 Å². The second-order valence-electron chi connectivity index (χ2n) is 12.0. The average Bonchev–Trinajstić information content (AvgIpc) is 3.38. The van der Waals surface area contributed by atoms with Gasteiger partial charge in [0, 0.05) is 5.41 Å². The molecule has 1 amide bonds. The number of fused-ring (bicyclic) bond motifs is 6. The Morgan fingerprint density at radius 1 is 1.30 bits per heavy atom. The lowest BCUT2D eigenvalue weighted by atomic mass is 9.45. The third kappa shape index (κ3) is 3.31. The lowest BCUT2D eigenvalue weighted by Gasteiger charge is -2.60. The zero-order chi connectivity index (χ0) is 26.2. The molecule has 4 aliphatic rings. The highest BCUT2D eigenvalue weighted by Crippen LogP contribution is 2.67. The van der Waals surface area contributed by atoms with Gasteiger partial charge in [0.1, 0.15) is 11.4 Å². The molecular weight excluding hydrogens is 469 g/mol. The smallest absolute Gasteiger partial charge is 0.253 e. The first-order valence-electron chi connectivity index (χ1n) is 13.3. The Hall–Kier alpha value is -2.95. The van der Waals surface area contributed by atoms with E-state index in [-0.39, 0.29) is 35.5 Å². The van der Waals surface area contributed by atoms with Crippen LogP contribution < -0.4 is 5.32 Å². The van der Waals surface area contributed by atoms with Crippen molar-refractivity contribution in [3.8, 4) is 18.0 Å². The minimum absolute atomic E-state index is 0.0315. The van der Waals surface area contributed by atoms with Crippen LogP contribution in [0.3, 0.4) is 0 Å². The molecule has 3 saturated carbocycles. The van der Waals surface area contributed by atoms with Gasteiger partial charge >= 0.3 is 0 Å². The number of rotatable bonds is 3. The number of terminal acetylenes is 1. The maximum Gasteiger partial charge on any atom is 0.253 e. The zero-order valence-corrected chi connectivity index (χ0v) is 21.4. The van der Waals surface area contributed by atoms with Crippen molar-refractivity contribution in [2.24, 2.45) is 28.6 Å². The van der Waals surface area contributed by atoms with E-state index in [9.17, 15) is 19.4 Å². The summed E-state index contributed by atoms with van der Waals surface area (Å²) in [5, 5.41) is 30.7. The predicted molar refractivity (Wildman–Crippen MR) is 138 cm³/mol. The summed E-state index contributed by atoms with van der Waals surface area (Å²) in [6, 6.07) is 6.36. The van der Waals surface area contributed by atoms with Crippen LogP contribution >= 0.6 is 0 Å². The van der Waals surface area contributed by atoms with Crippen LogP contribution in [-0.4, -0.2) is 44.2 Å². The summed E-state index contributed by atoms with van der Waals surface area (Å²) in [5.41, 5.74) is 1.79. The van der Waals surface area contributed by atoms with E-state index in [4.69, 9.17) is 6.42 Å². The average molecular weight is 504 g/mol. The van der Waals surface area contributed by atoms with E-state index < -0.39 is 23.0 Å². The number of nitrogens with zero attached hydrogens (tertiary/aromatic N) is 2. The monoisotopic (exact) mass is 503 g/mol. The van der Waals surface area contributed by atoms with Crippen LogP contribution in [0.15, 0.2) is 36.0 Å². The molecule has 0 radical (unpaired) electrons. The van der Waals surface area contributed by atoms with Gasteiger partial charge in [-0.3, -0.25) is 4.79 Å². The van der Waals surface area contributed by atoms with Gasteiger partial charge in [0.2, 0.25) is 0 Å². The van der Waals surface area contributed by atoms with Gasteiger partial charge in [-0.15, -0.1) is 6.42 Å². The number of hydrogen-bond acceptors (Lipinski definition) is 4. The topological polar surface area (TPSA) is 87.4 Å². The van der Waals surface area contributed by atoms with Crippen molar-refractivity contribution >= 4 is 12.0 Å². The van der Waals surface area contributed by atoms with E-state index in [1.54, 1.807) is 12.1 Å². The van der Waals surface area contributed by atoms with Crippen LogP contribution in [0.4, 0.5) is 4.39 Å². The molecule has 1 aromatic carbocycles. The molecule has 2 aromatic rings. The zero-order valence-electron chi connectivity index (χ0n) is 21.4. The number of aromatic nitrogens is 2. The van der Waals surface area contributed by atoms with Gasteiger partial charge in [-0.1, -0.05) is 25.3 Å². The van der Waals surface area contributed by atoms with Crippen molar-refractivity contribution in [2.75, 3.05) is 6.54 Å². The van der Waals surface area contributed by atoms with Gasteiger partial charge in [-0.05, 0) is 97.6 Å². The molecule has 7 atom stereocenters. The molecule has 3 N–H and O–H groups in total. The van der Waals surface area contributed by atoms with Crippen molar-refractivity contribution < 1.29 is 19.4 Å². The largest absolute Gasteiger partial charge is 0.393 e. The minimum atomic E-state index is -1.53. The third-order valence-corrected chi connectivity index (χ3v) is 10.4. The molecule has 1 aromatic heterocycles. The normalized spacial score (nSPS) is 37.9. The molecule has 1 heterocycles. The first kappa shape index (κ1) is 24.4. The van der Waals surface area contributed by atoms with Crippen LogP contribution in [-0.2, 0) is 11.2 Å². The first-order valence-corrected chi connectivity index (χ1v) is 13.3. The first-order chi connectivity index (χ1) is 17.6. The quantitative estimate of drug-likeness (QED) is 0.558. The molecular formula is C30H34FN3O3. The Labute approximate surface area is 217 Å². The Balaban J connectivity index is 1.33. The molecule has 194 valence electrons. The van der Waals surface area contributed by atoms with Gasteiger partial charge in [-0.25, -0.2) is 9.07 Å². The number of benzene rings is 1. The molecule has 6 nitrogen and oxygen atoms in total. The molecule has 37 heavy (non-hydrogen) atoms. The number of carbonyl (C=O) groups is 1. The summed E-state index contributed by atoms with van der Waals surface area (Å²) in [6.07, 6.45) is 12.9. The number of halogens is 1. The lowest BCUT2D eigenvalue weighted by molar-refractivity contribution is -0.180. The fraction of sp³-hybridized carbons (Fsp3) is 0.533. The molecule has 0 saturated heterocycles. The van der Waals surface area contributed by atoms with E-state index >= 15 is 0 Å². The number of hydrogen-bond donors (Lipinski definition) is 3. The van der Waals surface area contributed by atoms with E-state index in [2.05, 4.69) is 29.3 Å². The molecule has 4 unspecified atom stereocenters. The summed E-state index contributed by atoms with van der Waals surface area (Å²) in [6.45, 7) is 4.33. The number of nitrogens with one attached hydrogen (secondary N) is 1. The van der Waals surface area contributed by atoms with Crippen LogP contribution in [0.1, 0.15) is 57.2 Å². The highest BCUT2D eigenvalue weighted by atomic mass is 19.1. The number of aliphatic hydroxyl groups excluding tert-OH is 1. The molecule has 3 fully saturated rings. The van der Waals surface area contributed by atoms with Crippen LogP contribution in [0.5, 0.6) is 0 Å².